The zero-order valence-electron chi connectivity index (χ0n) is 11.4. The Hall–Kier alpha value is -2.21. The maximum atomic E-state index is 10.4. The van der Waals surface area contributed by atoms with Crippen LogP contribution in [0.4, 0.5) is 0 Å². The van der Waals surface area contributed by atoms with Crippen molar-refractivity contribution < 1.29 is 14.6 Å². The van der Waals surface area contributed by atoms with Crippen LogP contribution < -0.4 is 4.74 Å². The molecule has 0 unspecified atom stereocenters. The second-order valence-electron chi connectivity index (χ2n) is 5.08. The van der Waals surface area contributed by atoms with Gasteiger partial charge in [0.25, 0.3) is 0 Å². The van der Waals surface area contributed by atoms with E-state index in [1.807, 2.05) is 39.0 Å². The SMILES string of the molecule is CC(C)(C)C#CCOc1cccc(/C=C/C(=O)O)c1. The average molecular weight is 258 g/mol. The lowest BCUT2D eigenvalue weighted by atomic mass is 9.98. The minimum absolute atomic E-state index is 0.0323. The van der Waals surface area contributed by atoms with Gasteiger partial charge in [0.05, 0.1) is 0 Å². The zero-order valence-corrected chi connectivity index (χ0v) is 11.4. The molecular formula is C16H18O3. The fraction of sp³-hybridized carbons (Fsp3) is 0.312. The number of rotatable bonds is 4. The summed E-state index contributed by atoms with van der Waals surface area (Å²) in [6, 6.07) is 7.22. The van der Waals surface area contributed by atoms with Crippen LogP contribution in [-0.2, 0) is 4.79 Å². The van der Waals surface area contributed by atoms with Crippen molar-refractivity contribution in [3.05, 3.63) is 35.9 Å². The Kier molecular flexibility index (Phi) is 5.20. The third-order valence-electron chi connectivity index (χ3n) is 2.05. The summed E-state index contributed by atoms with van der Waals surface area (Å²) in [6.45, 7) is 6.44. The third-order valence-corrected chi connectivity index (χ3v) is 2.05. The van der Waals surface area contributed by atoms with Crippen molar-refractivity contribution in [1.29, 1.82) is 0 Å². The van der Waals surface area contributed by atoms with Crippen LogP contribution in [0, 0.1) is 17.3 Å². The molecule has 0 aliphatic heterocycles. The van der Waals surface area contributed by atoms with Crippen molar-refractivity contribution in [2.75, 3.05) is 6.61 Å². The van der Waals surface area contributed by atoms with Crippen LogP contribution in [0.1, 0.15) is 26.3 Å². The van der Waals surface area contributed by atoms with Crippen LogP contribution in [-0.4, -0.2) is 17.7 Å². The van der Waals surface area contributed by atoms with Gasteiger partial charge >= 0.3 is 5.97 Å². The average Bonchev–Trinajstić information content (AvgIpc) is 2.32. The van der Waals surface area contributed by atoms with Crippen molar-refractivity contribution in [1.82, 2.24) is 0 Å². The van der Waals surface area contributed by atoms with E-state index in [0.29, 0.717) is 12.4 Å². The number of aliphatic carboxylic acids is 1. The molecule has 1 rings (SSSR count). The number of carbonyl (C=O) groups is 1. The maximum Gasteiger partial charge on any atom is 0.328 e. The Balaban J connectivity index is 2.62. The molecule has 0 radical (unpaired) electrons. The summed E-state index contributed by atoms with van der Waals surface area (Å²) in [5.41, 5.74) is 0.749. The number of hydrogen-bond acceptors (Lipinski definition) is 2. The summed E-state index contributed by atoms with van der Waals surface area (Å²) < 4.78 is 5.49. The van der Waals surface area contributed by atoms with Crippen molar-refractivity contribution in [3.8, 4) is 17.6 Å². The van der Waals surface area contributed by atoms with Crippen molar-refractivity contribution >= 4 is 12.0 Å². The molecule has 0 fully saturated rings. The van der Waals surface area contributed by atoms with Crippen LogP contribution in [0.25, 0.3) is 6.08 Å². The molecule has 0 bridgehead atoms. The Morgan fingerprint density at radius 1 is 1.42 bits per heavy atom. The van der Waals surface area contributed by atoms with E-state index in [1.54, 1.807) is 6.07 Å². The van der Waals surface area contributed by atoms with Gasteiger partial charge in [-0.3, -0.25) is 0 Å². The van der Waals surface area contributed by atoms with E-state index in [4.69, 9.17) is 9.84 Å². The lowest BCUT2D eigenvalue weighted by Gasteiger charge is -2.07. The summed E-state index contributed by atoms with van der Waals surface area (Å²) in [4.78, 5) is 10.4. The smallest absolute Gasteiger partial charge is 0.328 e. The Bertz CT molecular complexity index is 525. The molecule has 1 aromatic carbocycles. The summed E-state index contributed by atoms with van der Waals surface area (Å²) in [6.07, 6.45) is 2.62. The van der Waals surface area contributed by atoms with E-state index in [2.05, 4.69) is 11.8 Å². The lowest BCUT2D eigenvalue weighted by molar-refractivity contribution is -0.131. The van der Waals surface area contributed by atoms with Gasteiger partial charge in [0, 0.05) is 11.5 Å². The molecule has 3 nitrogen and oxygen atoms in total. The fourth-order valence-corrected chi connectivity index (χ4v) is 1.30. The first-order valence-corrected chi connectivity index (χ1v) is 6.01. The third kappa shape index (κ3) is 6.95. The second-order valence-corrected chi connectivity index (χ2v) is 5.08. The van der Waals surface area contributed by atoms with E-state index >= 15 is 0 Å². The predicted molar refractivity (Wildman–Crippen MR) is 75.8 cm³/mol. The van der Waals surface area contributed by atoms with Gasteiger partial charge in [0.2, 0.25) is 0 Å². The highest BCUT2D eigenvalue weighted by Gasteiger charge is 2.02. The molecule has 0 aliphatic carbocycles. The fourth-order valence-electron chi connectivity index (χ4n) is 1.30. The zero-order chi connectivity index (χ0) is 14.3. The summed E-state index contributed by atoms with van der Waals surface area (Å²) in [7, 11) is 0. The molecule has 3 heteroatoms. The first-order chi connectivity index (χ1) is 8.87. The number of ether oxygens (including phenoxy) is 1. The molecule has 1 N–H and O–H groups in total. The molecule has 0 saturated carbocycles. The van der Waals surface area contributed by atoms with Crippen molar-refractivity contribution in [3.63, 3.8) is 0 Å². The van der Waals surface area contributed by atoms with Crippen LogP contribution in [0.15, 0.2) is 30.3 Å². The summed E-state index contributed by atoms with van der Waals surface area (Å²) in [5, 5.41) is 8.56. The number of benzene rings is 1. The van der Waals surface area contributed by atoms with Crippen LogP contribution in [0.5, 0.6) is 5.75 Å². The quantitative estimate of drug-likeness (QED) is 0.666. The van der Waals surface area contributed by atoms with Gasteiger partial charge in [-0.15, -0.1) is 0 Å². The van der Waals surface area contributed by atoms with Gasteiger partial charge in [0.15, 0.2) is 0 Å². The lowest BCUT2D eigenvalue weighted by Crippen LogP contribution is -2.01. The van der Waals surface area contributed by atoms with Crippen molar-refractivity contribution in [2.24, 2.45) is 5.41 Å². The largest absolute Gasteiger partial charge is 0.481 e. The highest BCUT2D eigenvalue weighted by molar-refractivity contribution is 5.85. The number of carboxylic acids is 1. The Morgan fingerprint density at radius 2 is 2.16 bits per heavy atom. The molecule has 19 heavy (non-hydrogen) atoms. The Labute approximate surface area is 113 Å². The van der Waals surface area contributed by atoms with E-state index in [-0.39, 0.29) is 5.41 Å². The second kappa shape index (κ2) is 6.65. The molecule has 0 aliphatic rings. The van der Waals surface area contributed by atoms with Gasteiger partial charge < -0.3 is 9.84 Å². The Morgan fingerprint density at radius 3 is 2.79 bits per heavy atom. The van der Waals surface area contributed by atoms with E-state index in [0.717, 1.165) is 11.6 Å². The molecule has 0 atom stereocenters. The summed E-state index contributed by atoms with van der Waals surface area (Å²) in [5.74, 6) is 5.75. The predicted octanol–water partition coefficient (Wildman–Crippen LogP) is 3.21. The van der Waals surface area contributed by atoms with Gasteiger partial charge in [-0.2, -0.15) is 0 Å². The first-order valence-electron chi connectivity index (χ1n) is 6.01. The normalized spacial score (nSPS) is 10.9. The number of carboxylic acid groups (broad SMARTS) is 1. The molecule has 0 amide bonds. The molecule has 1 aromatic rings. The van der Waals surface area contributed by atoms with E-state index in [1.165, 1.54) is 6.08 Å². The molecule has 0 spiro atoms. The van der Waals surface area contributed by atoms with Gasteiger partial charge in [0.1, 0.15) is 12.4 Å². The summed E-state index contributed by atoms with van der Waals surface area (Å²) >= 11 is 0. The minimum atomic E-state index is -0.970. The molecule has 100 valence electrons. The van der Waals surface area contributed by atoms with Crippen LogP contribution in [0.2, 0.25) is 0 Å². The number of hydrogen-bond donors (Lipinski definition) is 1. The molecule has 0 heterocycles. The highest BCUT2D eigenvalue weighted by Crippen LogP contribution is 2.14. The van der Waals surface area contributed by atoms with E-state index in [9.17, 15) is 4.79 Å². The standard InChI is InChI=1S/C16H18O3/c1-16(2,3)10-5-11-19-14-7-4-6-13(12-14)8-9-15(17)18/h4,6-9,12H,11H2,1-3H3,(H,17,18)/b9-8+. The van der Waals surface area contributed by atoms with Crippen molar-refractivity contribution in [2.45, 2.75) is 20.8 Å². The molecule has 0 aromatic heterocycles. The topological polar surface area (TPSA) is 46.5 Å². The first kappa shape index (κ1) is 14.8. The maximum absolute atomic E-state index is 10.4. The van der Waals surface area contributed by atoms with Crippen LogP contribution in [0.3, 0.4) is 0 Å². The van der Waals surface area contributed by atoms with E-state index < -0.39 is 5.97 Å². The molecule has 0 saturated heterocycles. The monoisotopic (exact) mass is 258 g/mol. The van der Waals surface area contributed by atoms with Gasteiger partial charge in [-0.05, 0) is 44.5 Å². The van der Waals surface area contributed by atoms with Gasteiger partial charge in [-0.25, -0.2) is 4.79 Å². The van der Waals surface area contributed by atoms with Crippen LogP contribution >= 0.6 is 0 Å². The molecular weight excluding hydrogens is 240 g/mol. The highest BCUT2D eigenvalue weighted by atomic mass is 16.5. The minimum Gasteiger partial charge on any atom is -0.481 e. The van der Waals surface area contributed by atoms with Gasteiger partial charge in [-0.1, -0.05) is 24.0 Å².